The van der Waals surface area contributed by atoms with Crippen LogP contribution in [0.5, 0.6) is 0 Å². The molecule has 0 aliphatic heterocycles. The van der Waals surface area contributed by atoms with Crippen LogP contribution < -0.4 is 5.32 Å². The molecule has 0 bridgehead atoms. The van der Waals surface area contributed by atoms with E-state index in [0.717, 1.165) is 17.8 Å². The minimum Gasteiger partial charge on any atom is -0.367 e. The zero-order valence-corrected chi connectivity index (χ0v) is 10.4. The van der Waals surface area contributed by atoms with Gasteiger partial charge in [-0.3, -0.25) is 0 Å². The topological polar surface area (TPSA) is 37.8 Å². The van der Waals surface area contributed by atoms with Crippen LogP contribution in [-0.2, 0) is 6.42 Å². The Morgan fingerprint density at radius 3 is 2.75 bits per heavy atom. The molecule has 88 valence electrons. The Labute approximate surface area is 102 Å². The molecule has 1 heterocycles. The van der Waals surface area contributed by atoms with Crippen LogP contribution in [0.1, 0.15) is 44.6 Å². The molecule has 1 N–H and O–H groups in total. The number of halogens is 1. The summed E-state index contributed by atoms with van der Waals surface area (Å²) in [5.41, 5.74) is 1.04. The molecular weight excluding hydrogens is 222 g/mol. The van der Waals surface area contributed by atoms with E-state index in [1.54, 1.807) is 0 Å². The molecule has 0 aromatic carbocycles. The molecule has 3 nitrogen and oxygen atoms in total. The third kappa shape index (κ3) is 2.64. The number of aromatic nitrogens is 2. The first-order valence-electron chi connectivity index (χ1n) is 6.07. The standard InChI is InChI=1S/C12H18ClN3/c1-2-10-11(13)14-8-15-12(10)16-9-6-4-3-5-7-9/h8-9H,2-7H2,1H3,(H,14,15,16). The summed E-state index contributed by atoms with van der Waals surface area (Å²) in [4.78, 5) is 8.32. The van der Waals surface area contributed by atoms with E-state index in [4.69, 9.17) is 11.6 Å². The molecule has 0 amide bonds. The van der Waals surface area contributed by atoms with Crippen molar-refractivity contribution in [1.29, 1.82) is 0 Å². The van der Waals surface area contributed by atoms with Crippen LogP contribution in [0.4, 0.5) is 5.82 Å². The van der Waals surface area contributed by atoms with Gasteiger partial charge in [-0.1, -0.05) is 37.8 Å². The number of hydrogen-bond donors (Lipinski definition) is 1. The van der Waals surface area contributed by atoms with Crippen molar-refractivity contribution in [1.82, 2.24) is 9.97 Å². The van der Waals surface area contributed by atoms with Crippen molar-refractivity contribution in [3.8, 4) is 0 Å². The minimum absolute atomic E-state index is 0.560. The van der Waals surface area contributed by atoms with Crippen molar-refractivity contribution < 1.29 is 0 Å². The maximum atomic E-state index is 6.06. The normalized spacial score (nSPS) is 17.4. The van der Waals surface area contributed by atoms with Crippen molar-refractivity contribution >= 4 is 17.4 Å². The van der Waals surface area contributed by atoms with Crippen LogP contribution in [0.25, 0.3) is 0 Å². The van der Waals surface area contributed by atoms with Crippen molar-refractivity contribution in [3.63, 3.8) is 0 Å². The van der Waals surface area contributed by atoms with Crippen LogP contribution in [0, 0.1) is 0 Å². The summed E-state index contributed by atoms with van der Waals surface area (Å²) in [5.74, 6) is 0.925. The maximum absolute atomic E-state index is 6.06. The summed E-state index contributed by atoms with van der Waals surface area (Å²) in [6.07, 6.45) is 8.89. The number of nitrogens with zero attached hydrogens (tertiary/aromatic N) is 2. The van der Waals surface area contributed by atoms with E-state index in [1.165, 1.54) is 38.4 Å². The second-order valence-corrected chi connectivity index (χ2v) is 4.68. The fourth-order valence-electron chi connectivity index (χ4n) is 2.27. The van der Waals surface area contributed by atoms with Gasteiger partial charge >= 0.3 is 0 Å². The third-order valence-corrected chi connectivity index (χ3v) is 3.52. The number of rotatable bonds is 3. The zero-order valence-electron chi connectivity index (χ0n) is 9.67. The lowest BCUT2D eigenvalue weighted by Crippen LogP contribution is -2.23. The third-order valence-electron chi connectivity index (χ3n) is 3.19. The fourth-order valence-corrected chi connectivity index (χ4v) is 2.54. The van der Waals surface area contributed by atoms with Gasteiger partial charge in [-0.2, -0.15) is 0 Å². The molecule has 0 unspecified atom stereocenters. The van der Waals surface area contributed by atoms with Gasteiger partial charge in [-0.25, -0.2) is 9.97 Å². The average Bonchev–Trinajstić information content (AvgIpc) is 2.31. The molecular formula is C12H18ClN3. The molecule has 1 aliphatic carbocycles. The van der Waals surface area contributed by atoms with Crippen LogP contribution in [0.2, 0.25) is 5.15 Å². The van der Waals surface area contributed by atoms with Crippen LogP contribution in [0.3, 0.4) is 0 Å². The Kier molecular flexibility index (Phi) is 3.99. The van der Waals surface area contributed by atoms with Crippen molar-refractivity contribution in [2.45, 2.75) is 51.5 Å². The van der Waals surface area contributed by atoms with Gasteiger partial charge in [0.05, 0.1) is 0 Å². The Morgan fingerprint density at radius 1 is 1.31 bits per heavy atom. The smallest absolute Gasteiger partial charge is 0.137 e. The Hall–Kier alpha value is -0.830. The summed E-state index contributed by atoms with van der Waals surface area (Å²) >= 11 is 6.06. The van der Waals surface area contributed by atoms with E-state index in [1.807, 2.05) is 0 Å². The second kappa shape index (κ2) is 5.48. The fraction of sp³-hybridized carbons (Fsp3) is 0.667. The van der Waals surface area contributed by atoms with Gasteiger partial charge < -0.3 is 5.32 Å². The van der Waals surface area contributed by atoms with E-state index < -0.39 is 0 Å². The predicted molar refractivity (Wildman–Crippen MR) is 66.9 cm³/mol. The summed E-state index contributed by atoms with van der Waals surface area (Å²) in [7, 11) is 0. The van der Waals surface area contributed by atoms with E-state index in [9.17, 15) is 0 Å². The largest absolute Gasteiger partial charge is 0.367 e. The highest BCUT2D eigenvalue weighted by atomic mass is 35.5. The molecule has 2 rings (SSSR count). The van der Waals surface area contributed by atoms with Crippen LogP contribution in [0.15, 0.2) is 6.33 Å². The highest BCUT2D eigenvalue weighted by Crippen LogP contribution is 2.25. The predicted octanol–water partition coefficient (Wildman–Crippen LogP) is 3.44. The van der Waals surface area contributed by atoms with Gasteiger partial charge in [0.1, 0.15) is 17.3 Å². The van der Waals surface area contributed by atoms with Crippen molar-refractivity contribution in [3.05, 3.63) is 17.0 Å². The first-order valence-corrected chi connectivity index (χ1v) is 6.45. The van der Waals surface area contributed by atoms with E-state index in [0.29, 0.717) is 11.2 Å². The molecule has 1 aromatic heterocycles. The van der Waals surface area contributed by atoms with Crippen molar-refractivity contribution in [2.24, 2.45) is 0 Å². The zero-order chi connectivity index (χ0) is 11.4. The molecule has 1 saturated carbocycles. The average molecular weight is 240 g/mol. The van der Waals surface area contributed by atoms with Gasteiger partial charge in [0.2, 0.25) is 0 Å². The SMILES string of the molecule is CCc1c(Cl)ncnc1NC1CCCCC1. The Bertz CT molecular complexity index is 348. The quantitative estimate of drug-likeness (QED) is 0.822. The monoisotopic (exact) mass is 239 g/mol. The lowest BCUT2D eigenvalue weighted by Gasteiger charge is -2.24. The molecule has 1 aliphatic rings. The molecule has 1 aromatic rings. The molecule has 0 saturated heterocycles. The van der Waals surface area contributed by atoms with Gasteiger partial charge in [0.25, 0.3) is 0 Å². The second-order valence-electron chi connectivity index (χ2n) is 4.32. The number of nitrogens with one attached hydrogen (secondary N) is 1. The van der Waals surface area contributed by atoms with E-state index >= 15 is 0 Å². The van der Waals surface area contributed by atoms with E-state index in [2.05, 4.69) is 22.2 Å². The number of hydrogen-bond acceptors (Lipinski definition) is 3. The molecule has 0 spiro atoms. The Balaban J connectivity index is 2.10. The first kappa shape index (κ1) is 11.6. The first-order chi connectivity index (χ1) is 7.81. The van der Waals surface area contributed by atoms with Crippen LogP contribution in [-0.4, -0.2) is 16.0 Å². The molecule has 16 heavy (non-hydrogen) atoms. The molecule has 0 atom stereocenters. The van der Waals surface area contributed by atoms with Gasteiger partial charge in [-0.05, 0) is 19.3 Å². The minimum atomic E-state index is 0.560. The van der Waals surface area contributed by atoms with Gasteiger partial charge in [-0.15, -0.1) is 0 Å². The molecule has 4 heteroatoms. The van der Waals surface area contributed by atoms with Crippen LogP contribution >= 0.6 is 11.6 Å². The summed E-state index contributed by atoms with van der Waals surface area (Å²) in [6.45, 7) is 2.08. The molecule has 0 radical (unpaired) electrons. The Morgan fingerprint density at radius 2 is 2.06 bits per heavy atom. The van der Waals surface area contributed by atoms with Gasteiger partial charge in [0.15, 0.2) is 0 Å². The highest BCUT2D eigenvalue weighted by molar-refractivity contribution is 6.30. The molecule has 1 fully saturated rings. The number of anilines is 1. The summed E-state index contributed by atoms with van der Waals surface area (Å²) in [6, 6.07) is 0.560. The summed E-state index contributed by atoms with van der Waals surface area (Å²) < 4.78 is 0. The van der Waals surface area contributed by atoms with E-state index in [-0.39, 0.29) is 0 Å². The lowest BCUT2D eigenvalue weighted by molar-refractivity contribution is 0.461. The van der Waals surface area contributed by atoms with Gasteiger partial charge in [0, 0.05) is 11.6 Å². The lowest BCUT2D eigenvalue weighted by atomic mass is 9.95. The summed E-state index contributed by atoms with van der Waals surface area (Å²) in [5, 5.41) is 4.09. The highest BCUT2D eigenvalue weighted by Gasteiger charge is 2.16. The van der Waals surface area contributed by atoms with Crippen molar-refractivity contribution in [2.75, 3.05) is 5.32 Å². The maximum Gasteiger partial charge on any atom is 0.137 e.